The highest BCUT2D eigenvalue weighted by Gasteiger charge is 2.43. The van der Waals surface area contributed by atoms with Crippen LogP contribution in [0.1, 0.15) is 28.5 Å². The fourth-order valence-corrected chi connectivity index (χ4v) is 2.55. The summed E-state index contributed by atoms with van der Waals surface area (Å²) in [5.74, 6) is 0. The zero-order valence-corrected chi connectivity index (χ0v) is 9.20. The molecule has 0 unspecified atom stereocenters. The van der Waals surface area contributed by atoms with Crippen LogP contribution in [0.15, 0.2) is 35.7 Å². The molecule has 1 aromatic heterocycles. The highest BCUT2D eigenvalue weighted by molar-refractivity contribution is 7.09. The van der Waals surface area contributed by atoms with E-state index in [0.29, 0.717) is 0 Å². The molecule has 0 aliphatic carbocycles. The van der Waals surface area contributed by atoms with Gasteiger partial charge in [0.05, 0.1) is 0 Å². The zero-order valence-electron chi connectivity index (χ0n) is 8.38. The van der Waals surface area contributed by atoms with E-state index in [-0.39, 0.29) is 12.2 Å². The molecule has 1 aliphatic rings. The fourth-order valence-electron chi connectivity index (χ4n) is 1.70. The zero-order chi connectivity index (χ0) is 10.3. The van der Waals surface area contributed by atoms with Gasteiger partial charge in [0.15, 0.2) is 0 Å². The predicted molar refractivity (Wildman–Crippen MR) is 59.9 cm³/mol. The summed E-state index contributed by atoms with van der Waals surface area (Å²) in [7, 11) is 0. The average molecular weight is 217 g/mol. The third kappa shape index (κ3) is 1.68. The first-order valence-electron chi connectivity index (χ1n) is 4.97. The number of hydrogen-bond acceptors (Lipinski definition) is 3. The van der Waals surface area contributed by atoms with Gasteiger partial charge in [-0.05, 0) is 12.5 Å². The lowest BCUT2D eigenvalue weighted by Gasteiger charge is -1.92. The van der Waals surface area contributed by atoms with Gasteiger partial charge >= 0.3 is 0 Å². The standard InChI is InChI=1S/C12H11NOS/c1-8-7-15-12(13-8)11-10(14-11)9-5-3-2-4-6-9/h2-7,10-11H,1H3/t10-,11-/m0/s1. The Balaban J connectivity index is 1.80. The molecule has 1 saturated heterocycles. The maximum atomic E-state index is 5.65. The summed E-state index contributed by atoms with van der Waals surface area (Å²) in [5, 5.41) is 3.17. The third-order valence-corrected chi connectivity index (χ3v) is 3.52. The van der Waals surface area contributed by atoms with Crippen LogP contribution in [0.3, 0.4) is 0 Å². The van der Waals surface area contributed by atoms with Crippen LogP contribution in [0.5, 0.6) is 0 Å². The Kier molecular flexibility index (Phi) is 2.08. The van der Waals surface area contributed by atoms with Crippen molar-refractivity contribution in [3.8, 4) is 0 Å². The molecule has 76 valence electrons. The highest BCUT2D eigenvalue weighted by Crippen LogP contribution is 2.51. The molecular formula is C12H11NOS. The quantitative estimate of drug-likeness (QED) is 0.721. The van der Waals surface area contributed by atoms with Crippen LogP contribution in [0.2, 0.25) is 0 Å². The second-order valence-corrected chi connectivity index (χ2v) is 4.60. The molecule has 3 rings (SSSR count). The molecule has 0 saturated carbocycles. The molecule has 0 spiro atoms. The Morgan fingerprint density at radius 1 is 1.20 bits per heavy atom. The molecule has 1 aliphatic heterocycles. The summed E-state index contributed by atoms with van der Waals surface area (Å²) < 4.78 is 5.65. The van der Waals surface area contributed by atoms with E-state index in [0.717, 1.165) is 10.7 Å². The normalized spacial score (nSPS) is 24.1. The number of thiazole rings is 1. The largest absolute Gasteiger partial charge is 0.357 e. The molecule has 15 heavy (non-hydrogen) atoms. The van der Waals surface area contributed by atoms with Crippen LogP contribution in [0.4, 0.5) is 0 Å². The van der Waals surface area contributed by atoms with Crippen molar-refractivity contribution >= 4 is 11.3 Å². The molecule has 2 atom stereocenters. The Hall–Kier alpha value is -1.19. The van der Waals surface area contributed by atoms with Gasteiger partial charge < -0.3 is 4.74 Å². The van der Waals surface area contributed by atoms with Gasteiger partial charge in [0.2, 0.25) is 0 Å². The maximum Gasteiger partial charge on any atom is 0.140 e. The van der Waals surface area contributed by atoms with Gasteiger partial charge in [-0.1, -0.05) is 30.3 Å². The van der Waals surface area contributed by atoms with E-state index in [1.807, 2.05) is 25.1 Å². The predicted octanol–water partition coefficient (Wildman–Crippen LogP) is 3.26. The summed E-state index contributed by atoms with van der Waals surface area (Å²) in [5.41, 5.74) is 2.33. The molecule has 1 fully saturated rings. The third-order valence-electron chi connectivity index (χ3n) is 2.50. The van der Waals surface area contributed by atoms with Crippen molar-refractivity contribution in [3.05, 3.63) is 52.0 Å². The lowest BCUT2D eigenvalue weighted by Crippen LogP contribution is -1.83. The van der Waals surface area contributed by atoms with E-state index in [4.69, 9.17) is 4.74 Å². The number of nitrogens with zero attached hydrogens (tertiary/aromatic N) is 1. The number of epoxide rings is 1. The van der Waals surface area contributed by atoms with E-state index in [2.05, 4.69) is 22.5 Å². The number of benzene rings is 1. The first-order valence-corrected chi connectivity index (χ1v) is 5.85. The van der Waals surface area contributed by atoms with Crippen LogP contribution in [-0.4, -0.2) is 4.98 Å². The number of aromatic nitrogens is 1. The minimum atomic E-state index is 0.186. The van der Waals surface area contributed by atoms with Crippen LogP contribution < -0.4 is 0 Å². The van der Waals surface area contributed by atoms with E-state index in [1.165, 1.54) is 5.56 Å². The van der Waals surface area contributed by atoms with E-state index in [1.54, 1.807) is 11.3 Å². The summed E-state index contributed by atoms with van der Waals surface area (Å²) in [4.78, 5) is 4.44. The second kappa shape index (κ2) is 3.43. The van der Waals surface area contributed by atoms with Gasteiger partial charge in [0.25, 0.3) is 0 Å². The van der Waals surface area contributed by atoms with E-state index >= 15 is 0 Å². The monoisotopic (exact) mass is 217 g/mol. The first-order chi connectivity index (χ1) is 7.34. The van der Waals surface area contributed by atoms with Crippen molar-refractivity contribution in [1.29, 1.82) is 0 Å². The van der Waals surface area contributed by atoms with Crippen molar-refractivity contribution in [2.75, 3.05) is 0 Å². The Bertz CT molecular complexity index is 465. The fraction of sp³-hybridized carbons (Fsp3) is 0.250. The molecule has 1 aromatic carbocycles. The van der Waals surface area contributed by atoms with Crippen molar-refractivity contribution < 1.29 is 4.74 Å². The van der Waals surface area contributed by atoms with Crippen molar-refractivity contribution in [3.63, 3.8) is 0 Å². The average Bonchev–Trinajstić information content (AvgIpc) is 2.96. The summed E-state index contributed by atoms with van der Waals surface area (Å²) in [6.45, 7) is 2.01. The Morgan fingerprint density at radius 2 is 2.00 bits per heavy atom. The number of rotatable bonds is 2. The molecule has 0 bridgehead atoms. The molecule has 2 nitrogen and oxygen atoms in total. The van der Waals surface area contributed by atoms with Crippen LogP contribution >= 0.6 is 11.3 Å². The van der Waals surface area contributed by atoms with Gasteiger partial charge in [-0.2, -0.15) is 0 Å². The van der Waals surface area contributed by atoms with Gasteiger partial charge in [0.1, 0.15) is 17.2 Å². The Labute approximate surface area is 92.6 Å². The molecule has 3 heteroatoms. The van der Waals surface area contributed by atoms with Crippen LogP contribution in [0, 0.1) is 6.92 Å². The number of ether oxygens (including phenoxy) is 1. The van der Waals surface area contributed by atoms with Crippen molar-refractivity contribution in [2.45, 2.75) is 19.1 Å². The van der Waals surface area contributed by atoms with Crippen LogP contribution in [0.25, 0.3) is 0 Å². The summed E-state index contributed by atoms with van der Waals surface area (Å²) in [6.07, 6.45) is 0.405. The van der Waals surface area contributed by atoms with Gasteiger partial charge in [-0.25, -0.2) is 4.98 Å². The van der Waals surface area contributed by atoms with Gasteiger partial charge in [-0.15, -0.1) is 11.3 Å². The lowest BCUT2D eigenvalue weighted by molar-refractivity contribution is 0.377. The van der Waals surface area contributed by atoms with E-state index < -0.39 is 0 Å². The number of aryl methyl sites for hydroxylation is 1. The smallest absolute Gasteiger partial charge is 0.140 e. The van der Waals surface area contributed by atoms with E-state index in [9.17, 15) is 0 Å². The summed E-state index contributed by atoms with van der Waals surface area (Å²) in [6, 6.07) is 10.3. The van der Waals surface area contributed by atoms with Crippen molar-refractivity contribution in [2.24, 2.45) is 0 Å². The molecule has 0 radical (unpaired) electrons. The minimum absolute atomic E-state index is 0.186. The summed E-state index contributed by atoms with van der Waals surface area (Å²) >= 11 is 1.68. The molecular weight excluding hydrogens is 206 g/mol. The second-order valence-electron chi connectivity index (χ2n) is 3.72. The van der Waals surface area contributed by atoms with Gasteiger partial charge in [0, 0.05) is 11.1 Å². The topological polar surface area (TPSA) is 25.4 Å². The number of hydrogen-bond donors (Lipinski definition) is 0. The molecule has 0 N–H and O–H groups in total. The Morgan fingerprint density at radius 3 is 2.67 bits per heavy atom. The van der Waals surface area contributed by atoms with Crippen LogP contribution in [-0.2, 0) is 4.74 Å². The first kappa shape index (κ1) is 9.07. The molecule has 2 aromatic rings. The van der Waals surface area contributed by atoms with Gasteiger partial charge in [-0.3, -0.25) is 0 Å². The SMILES string of the molecule is Cc1csc([C@H]2O[C@H]2c2ccccc2)n1. The highest BCUT2D eigenvalue weighted by atomic mass is 32.1. The van der Waals surface area contributed by atoms with Crippen molar-refractivity contribution in [1.82, 2.24) is 4.98 Å². The minimum Gasteiger partial charge on any atom is -0.357 e. The lowest BCUT2D eigenvalue weighted by atomic mass is 10.1. The molecule has 0 amide bonds. The molecule has 2 heterocycles. The maximum absolute atomic E-state index is 5.65.